The van der Waals surface area contributed by atoms with Gasteiger partial charge in [0.1, 0.15) is 11.6 Å². The highest BCUT2D eigenvalue weighted by atomic mass is 16.6. The first-order valence-corrected chi connectivity index (χ1v) is 6.27. The van der Waals surface area contributed by atoms with Crippen LogP contribution < -0.4 is 10.2 Å². The van der Waals surface area contributed by atoms with E-state index in [1.165, 1.54) is 6.07 Å². The first-order valence-electron chi connectivity index (χ1n) is 6.27. The number of nitriles is 1. The van der Waals surface area contributed by atoms with E-state index in [1.54, 1.807) is 12.1 Å². The van der Waals surface area contributed by atoms with Crippen LogP contribution in [0, 0.1) is 21.4 Å². The fourth-order valence-electron chi connectivity index (χ4n) is 2.57. The van der Waals surface area contributed by atoms with Crippen LogP contribution in [-0.2, 0) is 0 Å². The third-order valence-electron chi connectivity index (χ3n) is 3.45. The van der Waals surface area contributed by atoms with Gasteiger partial charge in [-0.3, -0.25) is 10.1 Å². The molecule has 2 rings (SSSR count). The van der Waals surface area contributed by atoms with E-state index in [4.69, 9.17) is 5.26 Å². The molecule has 1 aliphatic rings. The zero-order valence-corrected chi connectivity index (χ0v) is 10.8. The number of likely N-dealkylation sites (N-methyl/N-ethyl adjacent to an activating group) is 1. The molecule has 0 radical (unpaired) electrons. The minimum Gasteiger partial charge on any atom is -0.367 e. The van der Waals surface area contributed by atoms with E-state index in [0.29, 0.717) is 6.04 Å². The Labute approximate surface area is 111 Å². The van der Waals surface area contributed by atoms with Crippen LogP contribution in [0.2, 0.25) is 0 Å². The summed E-state index contributed by atoms with van der Waals surface area (Å²) in [5.74, 6) is 0. The van der Waals surface area contributed by atoms with Gasteiger partial charge in [-0.2, -0.15) is 5.26 Å². The summed E-state index contributed by atoms with van der Waals surface area (Å²) in [4.78, 5) is 12.5. The van der Waals surface area contributed by atoms with E-state index in [0.717, 1.165) is 31.6 Å². The van der Waals surface area contributed by atoms with Crippen LogP contribution in [0.5, 0.6) is 0 Å². The van der Waals surface area contributed by atoms with Crippen LogP contribution in [0.3, 0.4) is 0 Å². The van der Waals surface area contributed by atoms with Crippen molar-refractivity contribution in [2.24, 2.45) is 0 Å². The van der Waals surface area contributed by atoms with Gasteiger partial charge in [-0.1, -0.05) is 0 Å². The van der Waals surface area contributed by atoms with Crippen LogP contribution in [0.25, 0.3) is 0 Å². The lowest BCUT2D eigenvalue weighted by molar-refractivity contribution is -0.385. The number of nitrogens with zero attached hydrogens (tertiary/aromatic N) is 3. The van der Waals surface area contributed by atoms with Gasteiger partial charge in [-0.25, -0.2) is 0 Å². The van der Waals surface area contributed by atoms with Crippen molar-refractivity contribution in [3.8, 4) is 6.07 Å². The molecule has 0 aliphatic carbocycles. The fraction of sp³-hybridized carbons (Fsp3) is 0.462. The summed E-state index contributed by atoms with van der Waals surface area (Å²) >= 11 is 0. The summed E-state index contributed by atoms with van der Waals surface area (Å²) in [5.41, 5.74) is 0.883. The van der Waals surface area contributed by atoms with E-state index >= 15 is 0 Å². The number of hydrogen-bond acceptors (Lipinski definition) is 5. The van der Waals surface area contributed by atoms with Gasteiger partial charge in [0.15, 0.2) is 0 Å². The molecule has 6 heteroatoms. The molecule has 1 aromatic carbocycles. The molecule has 19 heavy (non-hydrogen) atoms. The largest absolute Gasteiger partial charge is 0.367 e. The van der Waals surface area contributed by atoms with Crippen LogP contribution in [0.15, 0.2) is 18.2 Å². The Kier molecular flexibility index (Phi) is 3.97. The zero-order valence-electron chi connectivity index (χ0n) is 10.8. The molecule has 0 spiro atoms. The summed E-state index contributed by atoms with van der Waals surface area (Å²) < 4.78 is 0. The molecular weight excluding hydrogens is 244 g/mol. The lowest BCUT2D eigenvalue weighted by atomic mass is 10.1. The lowest BCUT2D eigenvalue weighted by Crippen LogP contribution is -2.36. The highest BCUT2D eigenvalue weighted by Crippen LogP contribution is 2.29. The smallest absolute Gasteiger partial charge is 0.287 e. The molecule has 1 N–H and O–H groups in total. The van der Waals surface area contributed by atoms with Gasteiger partial charge in [-0.15, -0.1) is 0 Å². The predicted molar refractivity (Wildman–Crippen MR) is 72.1 cm³/mol. The van der Waals surface area contributed by atoms with Gasteiger partial charge >= 0.3 is 0 Å². The Morgan fingerprint density at radius 1 is 1.63 bits per heavy atom. The molecule has 1 fully saturated rings. The van der Waals surface area contributed by atoms with Crippen LogP contribution in [0.1, 0.15) is 18.4 Å². The summed E-state index contributed by atoms with van der Waals surface area (Å²) in [7, 11) is 1.91. The van der Waals surface area contributed by atoms with Gasteiger partial charge in [-0.05, 0) is 32.0 Å². The Morgan fingerprint density at radius 2 is 2.42 bits per heavy atom. The molecule has 1 heterocycles. The Balaban J connectivity index is 2.31. The van der Waals surface area contributed by atoms with Crippen molar-refractivity contribution in [3.63, 3.8) is 0 Å². The second-order valence-electron chi connectivity index (χ2n) is 4.62. The number of nitrogens with one attached hydrogen (secondary N) is 1. The molecule has 1 atom stereocenters. The third kappa shape index (κ3) is 2.66. The minimum atomic E-state index is -0.516. The Hall–Kier alpha value is -2.13. The average Bonchev–Trinajstić information content (AvgIpc) is 2.86. The van der Waals surface area contributed by atoms with E-state index in [9.17, 15) is 10.1 Å². The molecule has 1 saturated heterocycles. The van der Waals surface area contributed by atoms with E-state index in [2.05, 4.69) is 10.2 Å². The minimum absolute atomic E-state index is 0.123. The number of anilines is 1. The maximum absolute atomic E-state index is 10.8. The summed E-state index contributed by atoms with van der Waals surface area (Å²) in [6.45, 7) is 1.80. The number of nitro groups is 1. The average molecular weight is 260 g/mol. The topological polar surface area (TPSA) is 82.2 Å². The van der Waals surface area contributed by atoms with Crippen molar-refractivity contribution < 1.29 is 4.92 Å². The fourth-order valence-corrected chi connectivity index (χ4v) is 2.57. The van der Waals surface area contributed by atoms with Gasteiger partial charge in [0.25, 0.3) is 5.69 Å². The number of hydrogen-bond donors (Lipinski definition) is 1. The molecule has 0 amide bonds. The van der Waals surface area contributed by atoms with Crippen LogP contribution >= 0.6 is 0 Å². The van der Waals surface area contributed by atoms with Gasteiger partial charge in [0.2, 0.25) is 0 Å². The van der Waals surface area contributed by atoms with E-state index < -0.39 is 4.92 Å². The van der Waals surface area contributed by atoms with Crippen LogP contribution in [0.4, 0.5) is 11.4 Å². The number of benzene rings is 1. The van der Waals surface area contributed by atoms with Gasteiger partial charge < -0.3 is 10.2 Å². The summed E-state index contributed by atoms with van der Waals surface area (Å²) in [5, 5.41) is 23.0. The molecule has 1 aromatic rings. The van der Waals surface area contributed by atoms with E-state index in [1.807, 2.05) is 13.1 Å². The molecule has 0 saturated carbocycles. The Bertz CT molecular complexity index is 524. The third-order valence-corrected chi connectivity index (χ3v) is 3.45. The monoisotopic (exact) mass is 260 g/mol. The van der Waals surface area contributed by atoms with Gasteiger partial charge in [0.05, 0.1) is 4.92 Å². The van der Waals surface area contributed by atoms with Crippen LogP contribution in [-0.4, -0.2) is 31.1 Å². The highest BCUT2D eigenvalue weighted by Gasteiger charge is 2.25. The normalized spacial score (nSPS) is 18.3. The van der Waals surface area contributed by atoms with Gasteiger partial charge in [0, 0.05) is 30.9 Å². The van der Waals surface area contributed by atoms with Crippen molar-refractivity contribution in [2.75, 3.05) is 25.0 Å². The Morgan fingerprint density at radius 3 is 3.05 bits per heavy atom. The maximum atomic E-state index is 10.8. The van der Waals surface area contributed by atoms with Crippen molar-refractivity contribution in [1.82, 2.24) is 5.32 Å². The molecule has 0 bridgehead atoms. The quantitative estimate of drug-likeness (QED) is 0.657. The first-order chi connectivity index (χ1) is 9.17. The zero-order chi connectivity index (χ0) is 13.8. The molecule has 6 nitrogen and oxygen atoms in total. The standard InChI is InChI=1S/C13H16N4O2/c1-15-9-12-3-2-6-16(12)11-4-5-13(17(18)19)10(7-11)8-14/h4-5,7,12,15H,2-3,6,9H2,1H3. The molecular formula is C13H16N4O2. The number of rotatable bonds is 4. The second kappa shape index (κ2) is 5.67. The van der Waals surface area contributed by atoms with Crippen molar-refractivity contribution in [1.29, 1.82) is 5.26 Å². The first kappa shape index (κ1) is 13.3. The summed E-state index contributed by atoms with van der Waals surface area (Å²) in [6, 6.07) is 7.06. The molecule has 0 aromatic heterocycles. The second-order valence-corrected chi connectivity index (χ2v) is 4.62. The SMILES string of the molecule is CNCC1CCCN1c1ccc([N+](=O)[O-])c(C#N)c1. The van der Waals surface area contributed by atoms with Crippen molar-refractivity contribution in [3.05, 3.63) is 33.9 Å². The molecule has 1 aliphatic heterocycles. The highest BCUT2D eigenvalue weighted by molar-refractivity contribution is 5.60. The summed E-state index contributed by atoms with van der Waals surface area (Å²) in [6.07, 6.45) is 2.20. The maximum Gasteiger partial charge on any atom is 0.287 e. The molecule has 100 valence electrons. The van der Waals surface area contributed by atoms with Crippen molar-refractivity contribution >= 4 is 11.4 Å². The van der Waals surface area contributed by atoms with Crippen molar-refractivity contribution in [2.45, 2.75) is 18.9 Å². The van der Waals surface area contributed by atoms with E-state index in [-0.39, 0.29) is 11.3 Å². The number of nitro benzene ring substituents is 1. The molecule has 1 unspecified atom stereocenters. The predicted octanol–water partition coefficient (Wildman–Crippen LogP) is 1.65. The lowest BCUT2D eigenvalue weighted by Gasteiger charge is -2.26.